The van der Waals surface area contributed by atoms with Crippen LogP contribution in [-0.2, 0) is 6.54 Å². The van der Waals surface area contributed by atoms with Crippen molar-refractivity contribution in [3.05, 3.63) is 109 Å². The van der Waals surface area contributed by atoms with Gasteiger partial charge in [-0.05, 0) is 55.0 Å². The summed E-state index contributed by atoms with van der Waals surface area (Å²) in [6, 6.07) is 14.2. The highest BCUT2D eigenvalue weighted by atomic mass is 35.5. The molecule has 6 aromatic rings. The number of para-hydroxylation sites is 1. The van der Waals surface area contributed by atoms with Gasteiger partial charge in [0.15, 0.2) is 11.3 Å². The first-order valence-electron chi connectivity index (χ1n) is 11.4. The molecule has 6 rings (SSSR count). The van der Waals surface area contributed by atoms with Gasteiger partial charge < -0.3 is 14.7 Å². The van der Waals surface area contributed by atoms with Gasteiger partial charge >= 0.3 is 11.7 Å². The lowest BCUT2D eigenvalue weighted by molar-refractivity contribution is 0.0686. The number of nitrogens with one attached hydrogen (secondary N) is 1. The van der Waals surface area contributed by atoms with E-state index in [0.29, 0.717) is 22.1 Å². The van der Waals surface area contributed by atoms with E-state index in [2.05, 4.69) is 15.0 Å². The number of rotatable bonds is 4. The van der Waals surface area contributed by atoms with Crippen LogP contribution in [0, 0.1) is 12.7 Å². The first kappa shape index (κ1) is 23.6. The van der Waals surface area contributed by atoms with Crippen molar-refractivity contribution >= 4 is 50.4 Å². The standard InChI is InChI=1S/C27H17ClFN5O4/c1-13-9-17-20(11-18(13)29)33(12-15-10-14-5-4-8-30-24(14)32-23(15)28)22(26(36)37)21(17)34-25(35)16-6-2-3-7-19(16)31-27(34)38/h2-11H,12H2,1H3,(H,31,38)(H,36,37). The largest absolute Gasteiger partial charge is 0.477 e. The molecule has 0 bridgehead atoms. The Morgan fingerprint density at radius 3 is 2.68 bits per heavy atom. The zero-order valence-corrected chi connectivity index (χ0v) is 20.5. The summed E-state index contributed by atoms with van der Waals surface area (Å²) in [6.07, 6.45) is 1.57. The SMILES string of the molecule is Cc1cc2c(-n3c(=O)[nH]c4ccccc4c3=O)c(C(=O)O)n(Cc3cc4cccnc4nc3Cl)c2cc1F. The molecule has 0 saturated heterocycles. The maximum Gasteiger partial charge on any atom is 0.354 e. The molecule has 2 N–H and O–H groups in total. The molecule has 0 radical (unpaired) electrons. The fourth-order valence-electron chi connectivity index (χ4n) is 4.74. The van der Waals surface area contributed by atoms with Gasteiger partial charge in [0, 0.05) is 22.5 Å². The van der Waals surface area contributed by atoms with Gasteiger partial charge in [-0.15, -0.1) is 0 Å². The molecule has 0 fully saturated rings. The fraction of sp³-hybridized carbons (Fsp3) is 0.0741. The molecule has 4 aromatic heterocycles. The zero-order chi connectivity index (χ0) is 26.7. The number of benzene rings is 2. The minimum Gasteiger partial charge on any atom is -0.477 e. The highest BCUT2D eigenvalue weighted by Gasteiger charge is 2.28. The Kier molecular flexibility index (Phi) is 5.35. The minimum atomic E-state index is -1.42. The molecule has 38 heavy (non-hydrogen) atoms. The van der Waals surface area contributed by atoms with Crippen molar-refractivity contribution < 1.29 is 14.3 Å². The number of hydrogen-bond acceptors (Lipinski definition) is 5. The summed E-state index contributed by atoms with van der Waals surface area (Å²) in [6.45, 7) is 1.39. The van der Waals surface area contributed by atoms with Gasteiger partial charge in [0.1, 0.15) is 11.0 Å². The highest BCUT2D eigenvalue weighted by molar-refractivity contribution is 6.30. The van der Waals surface area contributed by atoms with E-state index in [1.54, 1.807) is 42.6 Å². The topological polar surface area (TPSA) is 123 Å². The Bertz CT molecular complexity index is 2080. The normalized spacial score (nSPS) is 11.6. The van der Waals surface area contributed by atoms with Crippen LogP contribution in [0.15, 0.2) is 70.4 Å². The Morgan fingerprint density at radius 2 is 1.89 bits per heavy atom. The number of aryl methyl sites for hydroxylation is 1. The second kappa shape index (κ2) is 8.63. The Morgan fingerprint density at radius 1 is 1.11 bits per heavy atom. The monoisotopic (exact) mass is 529 g/mol. The van der Waals surface area contributed by atoms with Crippen LogP contribution in [0.4, 0.5) is 4.39 Å². The van der Waals surface area contributed by atoms with Crippen molar-refractivity contribution in [2.75, 3.05) is 0 Å². The van der Waals surface area contributed by atoms with Crippen LogP contribution in [-0.4, -0.2) is 35.2 Å². The van der Waals surface area contributed by atoms with Crippen molar-refractivity contribution in [3.63, 3.8) is 0 Å². The number of halogens is 2. The van der Waals surface area contributed by atoms with Gasteiger partial charge in [-0.25, -0.2) is 28.5 Å². The molecule has 0 atom stereocenters. The predicted molar refractivity (Wildman–Crippen MR) is 141 cm³/mol. The highest BCUT2D eigenvalue weighted by Crippen LogP contribution is 2.33. The number of carbonyl (C=O) groups is 1. The third-order valence-corrected chi connectivity index (χ3v) is 6.82. The number of pyridine rings is 2. The molecule has 188 valence electrons. The Balaban J connectivity index is 1.72. The fourth-order valence-corrected chi connectivity index (χ4v) is 4.94. The molecule has 0 aliphatic rings. The van der Waals surface area contributed by atoms with Gasteiger partial charge in [-0.2, -0.15) is 0 Å². The maximum atomic E-state index is 14.8. The van der Waals surface area contributed by atoms with E-state index in [4.69, 9.17) is 11.6 Å². The van der Waals surface area contributed by atoms with Crippen LogP contribution in [0.5, 0.6) is 0 Å². The number of fused-ring (bicyclic) bond motifs is 3. The van der Waals surface area contributed by atoms with Gasteiger partial charge in [0.25, 0.3) is 5.56 Å². The summed E-state index contributed by atoms with van der Waals surface area (Å²) in [5.74, 6) is -1.99. The number of carboxylic acid groups (broad SMARTS) is 1. The molecule has 0 aliphatic heterocycles. The average molecular weight is 530 g/mol. The summed E-state index contributed by atoms with van der Waals surface area (Å²) < 4.78 is 16.9. The van der Waals surface area contributed by atoms with E-state index in [9.17, 15) is 23.9 Å². The molecule has 4 heterocycles. The average Bonchev–Trinajstić information content (AvgIpc) is 3.17. The summed E-state index contributed by atoms with van der Waals surface area (Å²) in [7, 11) is 0. The number of H-pyrrole nitrogens is 1. The van der Waals surface area contributed by atoms with Crippen molar-refractivity contribution in [1.29, 1.82) is 0 Å². The number of hydrogen-bond donors (Lipinski definition) is 2. The molecule has 0 unspecified atom stereocenters. The van der Waals surface area contributed by atoms with Crippen molar-refractivity contribution in [2.45, 2.75) is 13.5 Å². The summed E-state index contributed by atoms with van der Waals surface area (Å²) in [4.78, 5) is 50.5. The quantitative estimate of drug-likeness (QED) is 0.326. The van der Waals surface area contributed by atoms with E-state index >= 15 is 0 Å². The molecular weight excluding hydrogens is 513 g/mol. The van der Waals surface area contributed by atoms with E-state index in [1.807, 2.05) is 0 Å². The minimum absolute atomic E-state index is 0.0873. The number of carboxylic acids is 1. The molecule has 11 heteroatoms. The van der Waals surface area contributed by atoms with Crippen LogP contribution < -0.4 is 11.2 Å². The summed E-state index contributed by atoms with van der Waals surface area (Å²) in [5, 5.41) is 11.5. The lowest BCUT2D eigenvalue weighted by Crippen LogP contribution is -2.34. The summed E-state index contributed by atoms with van der Waals surface area (Å²) in [5.41, 5.74) is -0.527. The van der Waals surface area contributed by atoms with Gasteiger partial charge in [0.05, 0.1) is 28.7 Å². The van der Waals surface area contributed by atoms with Crippen molar-refractivity contribution in [3.8, 4) is 5.69 Å². The lowest BCUT2D eigenvalue weighted by Gasteiger charge is -2.12. The molecule has 2 aromatic carbocycles. The number of nitrogens with zero attached hydrogens (tertiary/aromatic N) is 4. The van der Waals surface area contributed by atoms with Crippen LogP contribution in [0.1, 0.15) is 21.6 Å². The molecule has 0 aliphatic carbocycles. The van der Waals surface area contributed by atoms with E-state index < -0.39 is 23.0 Å². The molecule has 0 spiro atoms. The third kappa shape index (κ3) is 3.57. The Labute approximate surface area is 217 Å². The number of aromatic amines is 1. The Hall–Kier alpha value is -4.83. The first-order valence-corrected chi connectivity index (χ1v) is 11.8. The third-order valence-electron chi connectivity index (χ3n) is 6.49. The van der Waals surface area contributed by atoms with Gasteiger partial charge in [-0.1, -0.05) is 23.7 Å². The van der Waals surface area contributed by atoms with Gasteiger partial charge in [0.2, 0.25) is 0 Å². The summed E-state index contributed by atoms with van der Waals surface area (Å²) >= 11 is 6.44. The number of aromatic carboxylic acids is 1. The van der Waals surface area contributed by atoms with E-state index in [1.165, 1.54) is 29.7 Å². The second-order valence-corrected chi connectivity index (χ2v) is 9.17. The van der Waals surface area contributed by atoms with Crippen LogP contribution in [0.3, 0.4) is 0 Å². The second-order valence-electron chi connectivity index (χ2n) is 8.81. The van der Waals surface area contributed by atoms with Crippen molar-refractivity contribution in [2.24, 2.45) is 0 Å². The van der Waals surface area contributed by atoms with Gasteiger partial charge in [-0.3, -0.25) is 4.79 Å². The zero-order valence-electron chi connectivity index (χ0n) is 19.7. The smallest absolute Gasteiger partial charge is 0.354 e. The molecule has 0 saturated carbocycles. The predicted octanol–water partition coefficient (Wildman–Crippen LogP) is 4.42. The maximum absolute atomic E-state index is 14.8. The van der Waals surface area contributed by atoms with E-state index in [-0.39, 0.29) is 44.9 Å². The molecular formula is C27H17ClFN5O4. The van der Waals surface area contributed by atoms with E-state index in [0.717, 1.165) is 4.57 Å². The lowest BCUT2D eigenvalue weighted by atomic mass is 10.1. The van der Waals surface area contributed by atoms with Crippen LogP contribution in [0.2, 0.25) is 5.15 Å². The van der Waals surface area contributed by atoms with Crippen LogP contribution in [0.25, 0.3) is 38.5 Å². The number of aromatic nitrogens is 5. The van der Waals surface area contributed by atoms with Crippen molar-refractivity contribution in [1.82, 2.24) is 24.1 Å². The first-order chi connectivity index (χ1) is 18.2. The molecule has 9 nitrogen and oxygen atoms in total. The molecule has 0 amide bonds. The van der Waals surface area contributed by atoms with Crippen LogP contribution >= 0.6 is 11.6 Å².